The summed E-state index contributed by atoms with van der Waals surface area (Å²) in [6.07, 6.45) is 9.31. The first-order valence-corrected chi connectivity index (χ1v) is 12.9. The van der Waals surface area contributed by atoms with E-state index in [9.17, 15) is 0 Å². The molecule has 1 atom stereocenters. The van der Waals surface area contributed by atoms with Gasteiger partial charge in [-0.1, -0.05) is 20.3 Å². The molecule has 2 fully saturated rings. The van der Waals surface area contributed by atoms with E-state index in [4.69, 9.17) is 0 Å². The van der Waals surface area contributed by atoms with Crippen molar-refractivity contribution in [2.75, 3.05) is 24.5 Å². The van der Waals surface area contributed by atoms with Crippen molar-refractivity contribution in [3.8, 4) is 11.3 Å². The zero-order chi connectivity index (χ0) is 24.4. The number of nitrogens with one attached hydrogen (secondary N) is 1. The first-order valence-electron chi connectivity index (χ1n) is 12.9. The largest absolute Gasteiger partial charge is 0.353 e. The molecule has 6 rings (SSSR count). The van der Waals surface area contributed by atoms with Gasteiger partial charge >= 0.3 is 0 Å². The molecule has 7 nitrogen and oxygen atoms in total. The molecule has 0 amide bonds. The van der Waals surface area contributed by atoms with Crippen molar-refractivity contribution >= 4 is 22.4 Å². The number of H-pyrrole nitrogens is 1. The number of nitrogens with zero attached hydrogens (tertiary/aromatic N) is 6. The van der Waals surface area contributed by atoms with E-state index in [1.165, 1.54) is 19.3 Å². The number of halogens is 1. The van der Waals surface area contributed by atoms with Gasteiger partial charge in [0.2, 0.25) is 0 Å². The fourth-order valence-corrected chi connectivity index (χ4v) is 5.99. The Hall–Kier alpha value is -3.00. The second-order valence-electron chi connectivity index (χ2n) is 10.7. The van der Waals surface area contributed by atoms with Crippen LogP contribution in [-0.2, 0) is 0 Å². The van der Waals surface area contributed by atoms with Crippen LogP contribution in [0.1, 0.15) is 62.6 Å². The van der Waals surface area contributed by atoms with Crippen LogP contribution >= 0.6 is 0 Å². The highest BCUT2D eigenvalue weighted by molar-refractivity contribution is 5.94. The molecule has 0 bridgehead atoms. The average molecular weight is 476 g/mol. The van der Waals surface area contributed by atoms with Crippen LogP contribution in [0.15, 0.2) is 18.7 Å². The molecule has 4 aromatic rings. The molecule has 4 aromatic heterocycles. The van der Waals surface area contributed by atoms with Gasteiger partial charge in [-0.25, -0.2) is 18.9 Å². The molecule has 0 radical (unpaired) electrons. The van der Waals surface area contributed by atoms with Crippen LogP contribution in [0.5, 0.6) is 0 Å². The zero-order valence-corrected chi connectivity index (χ0v) is 21.3. The molecule has 1 unspecified atom stereocenters. The van der Waals surface area contributed by atoms with Gasteiger partial charge < -0.3 is 9.88 Å². The van der Waals surface area contributed by atoms with E-state index < -0.39 is 0 Å². The predicted octanol–water partition coefficient (Wildman–Crippen LogP) is 5.21. The third-order valence-corrected chi connectivity index (χ3v) is 8.29. The van der Waals surface area contributed by atoms with Crippen molar-refractivity contribution in [1.82, 2.24) is 29.5 Å². The van der Waals surface area contributed by atoms with Crippen LogP contribution in [0.4, 0.5) is 10.2 Å². The molecule has 35 heavy (non-hydrogen) atoms. The summed E-state index contributed by atoms with van der Waals surface area (Å²) in [5, 5.41) is 5.02. The quantitative estimate of drug-likeness (QED) is 0.439. The first-order chi connectivity index (χ1) is 16.8. The second kappa shape index (κ2) is 8.29. The normalized spacial score (nSPS) is 19.9. The summed E-state index contributed by atoms with van der Waals surface area (Å²) >= 11 is 0. The summed E-state index contributed by atoms with van der Waals surface area (Å²) in [5.41, 5.74) is 6.72. The highest BCUT2D eigenvalue weighted by atomic mass is 19.1. The van der Waals surface area contributed by atoms with Gasteiger partial charge in [0, 0.05) is 48.9 Å². The summed E-state index contributed by atoms with van der Waals surface area (Å²) in [6.45, 7) is 13.4. The van der Waals surface area contributed by atoms with Gasteiger partial charge in [0.15, 0.2) is 17.3 Å². The van der Waals surface area contributed by atoms with E-state index in [1.807, 2.05) is 12.4 Å². The summed E-state index contributed by atoms with van der Waals surface area (Å²) in [4.78, 5) is 17.3. The lowest BCUT2D eigenvalue weighted by Gasteiger charge is -2.46. The van der Waals surface area contributed by atoms with Crippen molar-refractivity contribution in [3.05, 3.63) is 41.2 Å². The average Bonchev–Trinajstić information content (AvgIpc) is 3.41. The Morgan fingerprint density at radius 2 is 1.91 bits per heavy atom. The number of aryl methyl sites for hydroxylation is 1. The summed E-state index contributed by atoms with van der Waals surface area (Å²) in [5.74, 6) is 0.390. The molecule has 1 aliphatic heterocycles. The van der Waals surface area contributed by atoms with Gasteiger partial charge in [-0.3, -0.25) is 4.90 Å². The van der Waals surface area contributed by atoms with Crippen molar-refractivity contribution in [2.45, 2.75) is 71.9 Å². The van der Waals surface area contributed by atoms with Crippen molar-refractivity contribution in [1.29, 1.82) is 0 Å². The Morgan fingerprint density at radius 3 is 2.60 bits per heavy atom. The lowest BCUT2D eigenvalue weighted by Crippen LogP contribution is -2.56. The Labute approximate surface area is 205 Å². The standard InChI is InChI=1S/C27H34FN7/c1-15(2)22-23-21(32-25(22)20-13-35-26(30-14-31-35)18(5)17(20)4)11-29-27(24(23)28)34-10-9-33(12-16(34)3)19-7-6-8-19/h11,13-16,19,32H,6-10,12H2,1-5H3. The maximum atomic E-state index is 16.3. The minimum absolute atomic E-state index is 0.127. The predicted molar refractivity (Wildman–Crippen MR) is 138 cm³/mol. The van der Waals surface area contributed by atoms with Crippen molar-refractivity contribution in [3.63, 3.8) is 0 Å². The number of anilines is 1. The molecule has 8 heteroatoms. The number of pyridine rings is 2. The van der Waals surface area contributed by atoms with E-state index >= 15 is 4.39 Å². The second-order valence-corrected chi connectivity index (χ2v) is 10.7. The van der Waals surface area contributed by atoms with Crippen molar-refractivity contribution in [2.24, 2.45) is 0 Å². The van der Waals surface area contributed by atoms with Crippen LogP contribution in [0.25, 0.3) is 27.8 Å². The minimum Gasteiger partial charge on any atom is -0.353 e. The summed E-state index contributed by atoms with van der Waals surface area (Å²) < 4.78 is 18.1. The SMILES string of the molecule is Cc1c(-c2[nH]c3cnc(N4CCN(C5CCC5)CC4C)c(F)c3c2C(C)C)cn2ncnc2c1C. The monoisotopic (exact) mass is 475 g/mol. The number of fused-ring (bicyclic) bond motifs is 2. The van der Waals surface area contributed by atoms with Crippen LogP contribution in [0, 0.1) is 19.7 Å². The number of piperazine rings is 1. The molecule has 0 spiro atoms. The molecule has 1 aliphatic carbocycles. The van der Waals surface area contributed by atoms with Crippen LogP contribution in [-0.4, -0.2) is 61.2 Å². The Bertz CT molecular complexity index is 1410. The maximum absolute atomic E-state index is 16.3. The molecule has 1 N–H and O–H groups in total. The van der Waals surface area contributed by atoms with E-state index in [-0.39, 0.29) is 17.8 Å². The van der Waals surface area contributed by atoms with Crippen LogP contribution in [0.2, 0.25) is 0 Å². The Balaban J connectivity index is 1.46. The number of rotatable bonds is 4. The lowest BCUT2D eigenvalue weighted by atomic mass is 9.90. The number of hydrogen-bond acceptors (Lipinski definition) is 5. The molecule has 1 saturated heterocycles. The van der Waals surface area contributed by atoms with E-state index in [0.29, 0.717) is 17.2 Å². The van der Waals surface area contributed by atoms with Gasteiger partial charge in [0.25, 0.3) is 0 Å². The highest BCUT2D eigenvalue weighted by Gasteiger charge is 2.34. The van der Waals surface area contributed by atoms with Gasteiger partial charge in [-0.2, -0.15) is 5.10 Å². The molecule has 2 aliphatic rings. The summed E-state index contributed by atoms with van der Waals surface area (Å²) in [6, 6.07) is 0.943. The lowest BCUT2D eigenvalue weighted by molar-refractivity contribution is 0.106. The van der Waals surface area contributed by atoms with Crippen LogP contribution < -0.4 is 4.90 Å². The van der Waals surface area contributed by atoms with E-state index in [2.05, 4.69) is 64.5 Å². The molecular formula is C27H34FN7. The molecule has 1 saturated carbocycles. The molecule has 5 heterocycles. The third-order valence-electron chi connectivity index (χ3n) is 8.29. The first kappa shape index (κ1) is 22.5. The summed E-state index contributed by atoms with van der Waals surface area (Å²) in [7, 11) is 0. The molecular weight excluding hydrogens is 441 g/mol. The number of aromatic amines is 1. The van der Waals surface area contributed by atoms with Crippen molar-refractivity contribution < 1.29 is 4.39 Å². The molecule has 184 valence electrons. The Morgan fingerprint density at radius 1 is 1.11 bits per heavy atom. The number of hydrogen-bond donors (Lipinski definition) is 1. The highest BCUT2D eigenvalue weighted by Crippen LogP contribution is 2.41. The fourth-order valence-electron chi connectivity index (χ4n) is 5.99. The molecule has 0 aromatic carbocycles. The topological polar surface area (TPSA) is 65.4 Å². The van der Waals surface area contributed by atoms with Gasteiger partial charge in [-0.15, -0.1) is 0 Å². The van der Waals surface area contributed by atoms with Gasteiger partial charge in [-0.05, 0) is 56.2 Å². The fraction of sp³-hybridized carbons (Fsp3) is 0.519. The van der Waals surface area contributed by atoms with E-state index in [1.54, 1.807) is 10.8 Å². The smallest absolute Gasteiger partial charge is 0.175 e. The van der Waals surface area contributed by atoms with E-state index in [0.717, 1.165) is 58.7 Å². The maximum Gasteiger partial charge on any atom is 0.175 e. The Kier molecular flexibility index (Phi) is 5.32. The minimum atomic E-state index is -0.214. The number of aromatic nitrogens is 5. The zero-order valence-electron chi connectivity index (χ0n) is 21.3. The van der Waals surface area contributed by atoms with Gasteiger partial charge in [0.1, 0.15) is 6.33 Å². The van der Waals surface area contributed by atoms with Gasteiger partial charge in [0.05, 0.1) is 17.4 Å². The van der Waals surface area contributed by atoms with Crippen LogP contribution in [0.3, 0.4) is 0 Å². The third kappa shape index (κ3) is 3.44.